The Hall–Kier alpha value is -1.51. The highest BCUT2D eigenvalue weighted by atomic mass is 16.2. The van der Waals surface area contributed by atoms with Gasteiger partial charge >= 0.3 is 6.03 Å². The van der Waals surface area contributed by atoms with Crippen molar-refractivity contribution in [2.24, 2.45) is 5.92 Å². The minimum Gasteiger partial charge on any atom is -0.338 e. The molecule has 0 spiro atoms. The summed E-state index contributed by atoms with van der Waals surface area (Å²) >= 11 is 0. The number of rotatable bonds is 4. The Morgan fingerprint density at radius 1 is 1.18 bits per heavy atom. The molecule has 2 amide bonds. The predicted octanol–water partition coefficient (Wildman–Crippen LogP) is 4.42. The molecule has 1 atom stereocenters. The minimum atomic E-state index is 0.128. The van der Waals surface area contributed by atoms with Crippen LogP contribution in [0.3, 0.4) is 0 Å². The second-order valence-corrected chi connectivity index (χ2v) is 6.88. The molecule has 1 aromatic rings. The molecule has 22 heavy (non-hydrogen) atoms. The van der Waals surface area contributed by atoms with Gasteiger partial charge in [-0.05, 0) is 43.2 Å². The highest BCUT2D eigenvalue weighted by molar-refractivity contribution is 5.75. The molecule has 0 radical (unpaired) electrons. The highest BCUT2D eigenvalue weighted by Gasteiger charge is 2.30. The van der Waals surface area contributed by atoms with Crippen LogP contribution in [0.5, 0.6) is 0 Å². The number of benzene rings is 1. The summed E-state index contributed by atoms with van der Waals surface area (Å²) in [6, 6.07) is 8.85. The molecule has 1 aliphatic heterocycles. The third kappa shape index (κ3) is 3.45. The molecule has 120 valence electrons. The Bertz CT molecular complexity index is 508. The first kappa shape index (κ1) is 15.4. The molecule has 1 saturated heterocycles. The first-order valence-electron chi connectivity index (χ1n) is 8.85. The fourth-order valence-corrected chi connectivity index (χ4v) is 4.08. The maximum atomic E-state index is 12.5. The highest BCUT2D eigenvalue weighted by Crippen LogP contribution is 2.33. The Balaban J connectivity index is 1.55. The Morgan fingerprint density at radius 3 is 2.73 bits per heavy atom. The third-order valence-corrected chi connectivity index (χ3v) is 5.36. The quantitative estimate of drug-likeness (QED) is 0.877. The summed E-state index contributed by atoms with van der Waals surface area (Å²) in [5.41, 5.74) is 2.60. The molecule has 1 saturated carbocycles. The van der Waals surface area contributed by atoms with Gasteiger partial charge in [0.15, 0.2) is 0 Å². The molecule has 2 fully saturated rings. The largest absolute Gasteiger partial charge is 0.338 e. The normalized spacial score (nSPS) is 22.2. The van der Waals surface area contributed by atoms with Crippen LogP contribution in [0.15, 0.2) is 24.3 Å². The van der Waals surface area contributed by atoms with Gasteiger partial charge in [0.2, 0.25) is 0 Å². The van der Waals surface area contributed by atoms with Crippen LogP contribution in [0.1, 0.15) is 62.1 Å². The van der Waals surface area contributed by atoms with E-state index < -0.39 is 0 Å². The molecule has 1 aliphatic carbocycles. The first-order chi connectivity index (χ1) is 10.8. The molecular formula is C19H28N2O. The van der Waals surface area contributed by atoms with Crippen LogP contribution in [-0.4, -0.2) is 24.0 Å². The van der Waals surface area contributed by atoms with Crippen LogP contribution in [0, 0.1) is 12.8 Å². The van der Waals surface area contributed by atoms with Crippen LogP contribution >= 0.6 is 0 Å². The average molecular weight is 300 g/mol. The van der Waals surface area contributed by atoms with E-state index in [0.29, 0.717) is 0 Å². The topological polar surface area (TPSA) is 32.3 Å². The molecular weight excluding hydrogens is 272 g/mol. The lowest BCUT2D eigenvalue weighted by atomic mass is 9.99. The van der Waals surface area contributed by atoms with Gasteiger partial charge in [0, 0.05) is 13.1 Å². The van der Waals surface area contributed by atoms with Gasteiger partial charge in [-0.2, -0.15) is 0 Å². The minimum absolute atomic E-state index is 0.128. The zero-order valence-corrected chi connectivity index (χ0v) is 13.7. The molecule has 3 heteroatoms. The maximum Gasteiger partial charge on any atom is 0.317 e. The van der Waals surface area contributed by atoms with E-state index in [2.05, 4.69) is 36.5 Å². The van der Waals surface area contributed by atoms with Crippen molar-refractivity contribution >= 4 is 6.03 Å². The molecule has 1 unspecified atom stereocenters. The van der Waals surface area contributed by atoms with Crippen molar-refractivity contribution in [3.05, 3.63) is 35.4 Å². The monoisotopic (exact) mass is 300 g/mol. The van der Waals surface area contributed by atoms with Crippen molar-refractivity contribution in [1.82, 2.24) is 10.2 Å². The summed E-state index contributed by atoms with van der Waals surface area (Å²) < 4.78 is 0. The van der Waals surface area contributed by atoms with Crippen LogP contribution in [0.4, 0.5) is 4.79 Å². The van der Waals surface area contributed by atoms with E-state index in [1.807, 2.05) is 4.90 Å². The second kappa shape index (κ2) is 7.17. The third-order valence-electron chi connectivity index (χ3n) is 5.36. The summed E-state index contributed by atoms with van der Waals surface area (Å²) in [6.45, 7) is 3.86. The lowest BCUT2D eigenvalue weighted by Gasteiger charge is -2.26. The first-order valence-corrected chi connectivity index (χ1v) is 8.85. The summed E-state index contributed by atoms with van der Waals surface area (Å²) in [4.78, 5) is 14.6. The van der Waals surface area contributed by atoms with E-state index in [1.165, 1.54) is 36.8 Å². The number of hydrogen-bond donors (Lipinski definition) is 1. The molecule has 0 aromatic heterocycles. The van der Waals surface area contributed by atoms with Gasteiger partial charge < -0.3 is 10.2 Å². The molecule has 2 aliphatic rings. The zero-order valence-electron chi connectivity index (χ0n) is 13.7. The molecule has 3 rings (SSSR count). The number of aryl methyl sites for hydroxylation is 1. The van der Waals surface area contributed by atoms with Gasteiger partial charge in [-0.1, -0.05) is 49.9 Å². The number of likely N-dealkylation sites (tertiary alicyclic amines) is 1. The Labute approximate surface area is 134 Å². The van der Waals surface area contributed by atoms with E-state index in [-0.39, 0.29) is 12.1 Å². The fourth-order valence-electron chi connectivity index (χ4n) is 4.08. The number of amides is 2. The van der Waals surface area contributed by atoms with Crippen molar-refractivity contribution in [3.8, 4) is 0 Å². The summed E-state index contributed by atoms with van der Waals surface area (Å²) in [6.07, 6.45) is 8.79. The Morgan fingerprint density at radius 2 is 1.95 bits per heavy atom. The van der Waals surface area contributed by atoms with Gasteiger partial charge in [0.25, 0.3) is 0 Å². The van der Waals surface area contributed by atoms with Crippen LogP contribution in [-0.2, 0) is 0 Å². The van der Waals surface area contributed by atoms with Crippen molar-refractivity contribution < 1.29 is 4.79 Å². The van der Waals surface area contributed by atoms with E-state index in [1.54, 1.807) is 0 Å². The summed E-state index contributed by atoms with van der Waals surface area (Å²) in [7, 11) is 0. The van der Waals surface area contributed by atoms with E-state index in [9.17, 15) is 4.79 Å². The van der Waals surface area contributed by atoms with Crippen LogP contribution < -0.4 is 5.32 Å². The van der Waals surface area contributed by atoms with Crippen LogP contribution in [0.25, 0.3) is 0 Å². The maximum absolute atomic E-state index is 12.5. The van der Waals surface area contributed by atoms with Crippen molar-refractivity contribution in [1.29, 1.82) is 0 Å². The smallest absolute Gasteiger partial charge is 0.317 e. The number of nitrogens with zero attached hydrogens (tertiary/aromatic N) is 1. The molecule has 1 N–H and O–H groups in total. The summed E-state index contributed by atoms with van der Waals surface area (Å²) in [5.74, 6) is 0.839. The Kier molecular flexibility index (Phi) is 5.01. The van der Waals surface area contributed by atoms with E-state index in [0.717, 1.165) is 38.3 Å². The predicted molar refractivity (Wildman–Crippen MR) is 89.8 cm³/mol. The number of hydrogen-bond acceptors (Lipinski definition) is 1. The molecule has 1 aromatic carbocycles. The van der Waals surface area contributed by atoms with Gasteiger partial charge in [0.1, 0.15) is 0 Å². The zero-order chi connectivity index (χ0) is 15.4. The number of urea groups is 1. The number of carbonyl (C=O) groups is 1. The standard InChI is InChI=1S/C19H28N2O/c1-15-7-2-5-10-17(15)18-11-6-14-21(18)19(22)20-13-12-16-8-3-4-9-16/h2,5,7,10,16,18H,3-4,6,8-9,11-14H2,1H3,(H,20,22). The van der Waals surface area contributed by atoms with Gasteiger partial charge in [0.05, 0.1) is 6.04 Å². The number of nitrogens with one attached hydrogen (secondary N) is 1. The lowest BCUT2D eigenvalue weighted by Crippen LogP contribution is -2.40. The van der Waals surface area contributed by atoms with Gasteiger partial charge in [-0.25, -0.2) is 4.79 Å². The van der Waals surface area contributed by atoms with Crippen LogP contribution in [0.2, 0.25) is 0 Å². The van der Waals surface area contributed by atoms with Crippen molar-refractivity contribution in [3.63, 3.8) is 0 Å². The number of carbonyl (C=O) groups excluding carboxylic acids is 1. The summed E-state index contributed by atoms with van der Waals surface area (Å²) in [5, 5.41) is 3.16. The van der Waals surface area contributed by atoms with Gasteiger partial charge in [-0.15, -0.1) is 0 Å². The molecule has 3 nitrogen and oxygen atoms in total. The van der Waals surface area contributed by atoms with Gasteiger partial charge in [-0.3, -0.25) is 0 Å². The average Bonchev–Trinajstić information content (AvgIpc) is 3.18. The molecule has 1 heterocycles. The van der Waals surface area contributed by atoms with E-state index in [4.69, 9.17) is 0 Å². The van der Waals surface area contributed by atoms with E-state index >= 15 is 0 Å². The SMILES string of the molecule is Cc1ccccc1C1CCCN1C(=O)NCCC1CCCC1. The second-order valence-electron chi connectivity index (χ2n) is 6.88. The lowest BCUT2D eigenvalue weighted by molar-refractivity contribution is 0.192. The van der Waals surface area contributed by atoms with Crippen molar-refractivity contribution in [2.75, 3.05) is 13.1 Å². The fraction of sp³-hybridized carbons (Fsp3) is 0.632. The molecule has 0 bridgehead atoms. The van der Waals surface area contributed by atoms with Crippen molar-refractivity contribution in [2.45, 2.75) is 57.9 Å².